The predicted molar refractivity (Wildman–Crippen MR) is 126 cm³/mol. The fourth-order valence-corrected chi connectivity index (χ4v) is 4.75. The number of likely N-dealkylation sites (N-methyl/N-ethyl adjacent to an activating group) is 1. The van der Waals surface area contributed by atoms with Gasteiger partial charge in [0, 0.05) is 50.9 Å². The van der Waals surface area contributed by atoms with Crippen LogP contribution in [0.5, 0.6) is 0 Å². The molecule has 4 rings (SSSR count). The summed E-state index contributed by atoms with van der Waals surface area (Å²) in [5.41, 5.74) is 1.10. The van der Waals surface area contributed by atoms with Gasteiger partial charge in [-0.1, -0.05) is 0 Å². The lowest BCUT2D eigenvalue weighted by molar-refractivity contribution is 0.0457. The summed E-state index contributed by atoms with van der Waals surface area (Å²) in [5.74, 6) is 0.514. The topological polar surface area (TPSA) is 103 Å². The van der Waals surface area contributed by atoms with Crippen LogP contribution in [0.2, 0.25) is 0 Å². The first-order valence-corrected chi connectivity index (χ1v) is 11.8. The van der Waals surface area contributed by atoms with Crippen molar-refractivity contribution in [2.75, 3.05) is 39.2 Å². The van der Waals surface area contributed by atoms with Crippen LogP contribution in [0.25, 0.3) is 0 Å². The molecule has 0 aromatic carbocycles. The number of aromatic nitrogens is 4. The van der Waals surface area contributed by atoms with Crippen molar-refractivity contribution in [3.63, 3.8) is 0 Å². The van der Waals surface area contributed by atoms with Gasteiger partial charge in [0.05, 0.1) is 24.0 Å². The molecule has 2 atom stereocenters. The number of nitrogens with zero attached hydrogens (tertiary/aromatic N) is 6. The quantitative estimate of drug-likeness (QED) is 0.621. The molecule has 2 aromatic heterocycles. The van der Waals surface area contributed by atoms with E-state index in [1.165, 1.54) is 6.20 Å². The number of H-pyrrole nitrogens is 1. The molecular weight excluding hydrogens is 439 g/mol. The maximum atomic E-state index is 14.5. The number of aromatic amines is 1. The third kappa shape index (κ3) is 4.46. The number of halogens is 1. The number of rotatable bonds is 6. The third-order valence-corrected chi connectivity index (χ3v) is 7.02. The van der Waals surface area contributed by atoms with Gasteiger partial charge in [0.1, 0.15) is 5.82 Å². The van der Waals surface area contributed by atoms with Crippen molar-refractivity contribution in [1.82, 2.24) is 34.9 Å². The molecule has 11 heteroatoms. The standard InChI is InChI=1S/C23H35FN8O2/c1-14-12-31(15(2)11-30(14)5)22(33)32-13-16-19(23(32,3)4)28-29-20(16)27-21-17(24)10-25-18(26-21)8-7-9-34-6/h10,14-15H,7-9,11-13H2,1-6H3,(H2,25,26,27,28,29)/t14-,15+/m1/s1. The van der Waals surface area contributed by atoms with E-state index in [-0.39, 0.29) is 17.9 Å². The van der Waals surface area contributed by atoms with E-state index in [2.05, 4.69) is 51.3 Å². The summed E-state index contributed by atoms with van der Waals surface area (Å²) in [6.07, 6.45) is 2.49. The van der Waals surface area contributed by atoms with Gasteiger partial charge in [0.25, 0.3) is 0 Å². The summed E-state index contributed by atoms with van der Waals surface area (Å²) in [6.45, 7) is 10.7. The van der Waals surface area contributed by atoms with Crippen molar-refractivity contribution in [1.29, 1.82) is 0 Å². The van der Waals surface area contributed by atoms with Crippen molar-refractivity contribution in [3.05, 3.63) is 29.1 Å². The number of hydrogen-bond acceptors (Lipinski definition) is 7. The highest BCUT2D eigenvalue weighted by Gasteiger charge is 2.46. The van der Waals surface area contributed by atoms with E-state index in [0.29, 0.717) is 43.8 Å². The normalized spacial score (nSPS) is 22.2. The first-order chi connectivity index (χ1) is 16.1. The van der Waals surface area contributed by atoms with Crippen LogP contribution in [-0.4, -0.2) is 86.8 Å². The number of hydrogen-bond donors (Lipinski definition) is 2. The molecule has 0 spiro atoms. The van der Waals surface area contributed by atoms with Crippen LogP contribution in [0.3, 0.4) is 0 Å². The van der Waals surface area contributed by atoms with Crippen LogP contribution < -0.4 is 5.32 Å². The molecule has 0 aliphatic carbocycles. The summed E-state index contributed by atoms with van der Waals surface area (Å²) in [6, 6.07) is 0.411. The lowest BCUT2D eigenvalue weighted by atomic mass is 10.0. The lowest BCUT2D eigenvalue weighted by Gasteiger charge is -2.45. The number of carbonyl (C=O) groups excluding carboxylic acids is 1. The van der Waals surface area contributed by atoms with E-state index in [4.69, 9.17) is 4.74 Å². The van der Waals surface area contributed by atoms with Crippen LogP contribution in [0, 0.1) is 5.82 Å². The average molecular weight is 475 g/mol. The van der Waals surface area contributed by atoms with Gasteiger partial charge in [-0.15, -0.1) is 0 Å². The summed E-state index contributed by atoms with van der Waals surface area (Å²) in [4.78, 5) is 28.1. The molecule has 2 aliphatic rings. The fourth-order valence-electron chi connectivity index (χ4n) is 4.75. The first-order valence-electron chi connectivity index (χ1n) is 11.8. The SMILES string of the molecule is COCCCc1ncc(F)c(Nc2n[nH]c3c2CN(C(=O)N2C[C@@H](C)N(C)C[C@@H]2C)C3(C)C)n1. The van der Waals surface area contributed by atoms with Gasteiger partial charge in [-0.3, -0.25) is 10.00 Å². The van der Waals surface area contributed by atoms with E-state index < -0.39 is 11.4 Å². The minimum atomic E-state index is -0.582. The van der Waals surface area contributed by atoms with Crippen molar-refractivity contribution >= 4 is 17.7 Å². The van der Waals surface area contributed by atoms with Crippen molar-refractivity contribution in [3.8, 4) is 0 Å². The zero-order valence-corrected chi connectivity index (χ0v) is 20.9. The number of carbonyl (C=O) groups is 1. The number of anilines is 2. The summed E-state index contributed by atoms with van der Waals surface area (Å²) >= 11 is 0. The third-order valence-electron chi connectivity index (χ3n) is 7.02. The molecule has 0 saturated carbocycles. The average Bonchev–Trinajstić information content (AvgIpc) is 3.30. The molecular formula is C23H35FN8O2. The maximum Gasteiger partial charge on any atom is 0.321 e. The van der Waals surface area contributed by atoms with Crippen molar-refractivity contribution in [2.45, 2.75) is 64.7 Å². The van der Waals surface area contributed by atoms with Crippen LogP contribution in [0.1, 0.15) is 51.2 Å². The van der Waals surface area contributed by atoms with Gasteiger partial charge >= 0.3 is 6.03 Å². The van der Waals surface area contributed by atoms with Crippen LogP contribution >= 0.6 is 0 Å². The number of nitrogens with one attached hydrogen (secondary N) is 2. The van der Waals surface area contributed by atoms with Crippen molar-refractivity contribution in [2.24, 2.45) is 0 Å². The Morgan fingerprint density at radius 3 is 2.79 bits per heavy atom. The van der Waals surface area contributed by atoms with Crippen LogP contribution in [-0.2, 0) is 23.2 Å². The number of aryl methyl sites for hydroxylation is 1. The van der Waals surface area contributed by atoms with Crippen LogP contribution in [0.4, 0.5) is 20.8 Å². The fraction of sp³-hybridized carbons (Fsp3) is 0.652. The molecule has 4 heterocycles. The van der Waals surface area contributed by atoms with E-state index in [0.717, 1.165) is 24.2 Å². The highest BCUT2D eigenvalue weighted by molar-refractivity contribution is 5.78. The second-order valence-corrected chi connectivity index (χ2v) is 9.85. The maximum absolute atomic E-state index is 14.5. The Morgan fingerprint density at radius 1 is 1.29 bits per heavy atom. The minimum absolute atomic E-state index is 0.00152. The second kappa shape index (κ2) is 9.46. The molecule has 0 radical (unpaired) electrons. The number of urea groups is 1. The summed E-state index contributed by atoms with van der Waals surface area (Å²) in [5, 5.41) is 10.5. The molecule has 2 aromatic rings. The van der Waals surface area contributed by atoms with Gasteiger partial charge in [0.2, 0.25) is 0 Å². The monoisotopic (exact) mass is 474 g/mol. The Kier molecular flexibility index (Phi) is 6.77. The van der Waals surface area contributed by atoms with Gasteiger partial charge in [-0.25, -0.2) is 19.2 Å². The Hall–Kier alpha value is -2.79. The number of amides is 2. The second-order valence-electron chi connectivity index (χ2n) is 9.85. The van der Waals surface area contributed by atoms with Gasteiger partial charge in [-0.05, 0) is 41.2 Å². The van der Waals surface area contributed by atoms with Crippen LogP contribution in [0.15, 0.2) is 6.20 Å². The number of methoxy groups -OCH3 is 1. The molecule has 1 fully saturated rings. The molecule has 10 nitrogen and oxygen atoms in total. The summed E-state index contributed by atoms with van der Waals surface area (Å²) < 4.78 is 19.6. The van der Waals surface area contributed by atoms with Gasteiger partial charge in [0.15, 0.2) is 17.5 Å². The largest absolute Gasteiger partial charge is 0.385 e. The van der Waals surface area contributed by atoms with Gasteiger partial charge in [-0.2, -0.15) is 5.10 Å². The summed E-state index contributed by atoms with van der Waals surface area (Å²) in [7, 11) is 3.73. The van der Waals surface area contributed by atoms with E-state index in [9.17, 15) is 9.18 Å². The molecule has 0 unspecified atom stereocenters. The van der Waals surface area contributed by atoms with Gasteiger partial charge < -0.3 is 19.9 Å². The Morgan fingerprint density at radius 2 is 2.06 bits per heavy atom. The highest BCUT2D eigenvalue weighted by Crippen LogP contribution is 2.42. The number of fused-ring (bicyclic) bond motifs is 1. The molecule has 34 heavy (non-hydrogen) atoms. The Labute approximate surface area is 199 Å². The van der Waals surface area contributed by atoms with E-state index >= 15 is 0 Å². The highest BCUT2D eigenvalue weighted by atomic mass is 19.1. The number of piperazine rings is 1. The molecule has 0 bridgehead atoms. The van der Waals surface area contributed by atoms with E-state index in [1.807, 2.05) is 23.6 Å². The molecule has 2 N–H and O–H groups in total. The molecule has 1 saturated heterocycles. The molecule has 2 aliphatic heterocycles. The Balaban J connectivity index is 1.54. The Bertz CT molecular complexity index is 1040. The lowest BCUT2D eigenvalue weighted by Crippen LogP contribution is -2.60. The molecule has 2 amide bonds. The molecule has 186 valence electrons. The first kappa shape index (κ1) is 24.3. The van der Waals surface area contributed by atoms with Crippen molar-refractivity contribution < 1.29 is 13.9 Å². The smallest absolute Gasteiger partial charge is 0.321 e. The predicted octanol–water partition coefficient (Wildman–Crippen LogP) is 2.86. The number of ether oxygens (including phenoxy) is 1. The zero-order chi connectivity index (χ0) is 24.6. The zero-order valence-electron chi connectivity index (χ0n) is 20.9. The van der Waals surface area contributed by atoms with E-state index in [1.54, 1.807) is 7.11 Å². The minimum Gasteiger partial charge on any atom is -0.385 e.